The Morgan fingerprint density at radius 3 is 2.81 bits per heavy atom. The molecule has 108 valence electrons. The first-order valence-corrected chi connectivity index (χ1v) is 6.11. The normalized spacial score (nSPS) is 10.1. The molecule has 1 heterocycles. The maximum Gasteiger partial charge on any atom is 0.358 e. The van der Waals surface area contributed by atoms with Gasteiger partial charge in [0.15, 0.2) is 11.4 Å². The van der Waals surface area contributed by atoms with Crippen molar-refractivity contribution in [2.24, 2.45) is 0 Å². The number of pyridine rings is 1. The molecule has 0 bridgehead atoms. The van der Waals surface area contributed by atoms with Crippen LogP contribution in [0.2, 0.25) is 5.02 Å². The fourth-order valence-electron chi connectivity index (χ4n) is 1.68. The van der Waals surface area contributed by atoms with Gasteiger partial charge in [0.25, 0.3) is 5.69 Å². The van der Waals surface area contributed by atoms with E-state index in [0.29, 0.717) is 0 Å². The minimum atomic E-state index is -1.25. The molecule has 0 saturated carbocycles. The monoisotopic (exact) mass is 308 g/mol. The quantitative estimate of drug-likeness (QED) is 0.673. The Balaban J connectivity index is 2.29. The third kappa shape index (κ3) is 3.26. The van der Waals surface area contributed by atoms with Gasteiger partial charge in [-0.1, -0.05) is 17.7 Å². The molecule has 8 heteroatoms. The highest BCUT2D eigenvalue weighted by molar-refractivity contribution is 6.31. The predicted octanol–water partition coefficient (Wildman–Crippen LogP) is 2.92. The van der Waals surface area contributed by atoms with Crippen LogP contribution in [0.5, 0.6) is 5.75 Å². The fourth-order valence-corrected chi connectivity index (χ4v) is 1.90. The minimum Gasteiger partial charge on any atom is -0.486 e. The Morgan fingerprint density at radius 2 is 2.14 bits per heavy atom. The van der Waals surface area contributed by atoms with E-state index in [-0.39, 0.29) is 34.3 Å². The van der Waals surface area contributed by atoms with Crippen LogP contribution in [0.3, 0.4) is 0 Å². The molecule has 1 aromatic heterocycles. The van der Waals surface area contributed by atoms with Crippen molar-refractivity contribution in [3.63, 3.8) is 0 Å². The number of aromatic nitrogens is 1. The summed E-state index contributed by atoms with van der Waals surface area (Å²) in [5, 5.41) is 20.1. The second-order valence-electron chi connectivity index (χ2n) is 3.94. The number of aromatic carboxylic acids is 1. The van der Waals surface area contributed by atoms with Crippen molar-refractivity contribution >= 4 is 23.3 Å². The zero-order valence-corrected chi connectivity index (χ0v) is 11.3. The van der Waals surface area contributed by atoms with E-state index >= 15 is 0 Å². The summed E-state index contributed by atoms with van der Waals surface area (Å²) in [6, 6.07) is 7.17. The van der Waals surface area contributed by atoms with Gasteiger partial charge < -0.3 is 9.84 Å². The zero-order chi connectivity index (χ0) is 15.4. The second kappa shape index (κ2) is 6.19. The van der Waals surface area contributed by atoms with Gasteiger partial charge >= 0.3 is 5.97 Å². The van der Waals surface area contributed by atoms with E-state index in [1.54, 1.807) is 0 Å². The molecule has 0 unspecified atom stereocenters. The van der Waals surface area contributed by atoms with E-state index in [0.717, 1.165) is 0 Å². The lowest BCUT2D eigenvalue weighted by Crippen LogP contribution is -2.07. The van der Waals surface area contributed by atoms with Crippen molar-refractivity contribution in [1.82, 2.24) is 4.98 Å². The van der Waals surface area contributed by atoms with Gasteiger partial charge in [-0.15, -0.1) is 0 Å². The number of carboxylic acid groups (broad SMARTS) is 1. The summed E-state index contributed by atoms with van der Waals surface area (Å²) in [6.45, 7) is -0.234. The van der Waals surface area contributed by atoms with Crippen molar-refractivity contribution in [2.45, 2.75) is 6.61 Å². The fraction of sp³-hybridized carbons (Fsp3) is 0.0769. The standard InChI is InChI=1S/C13H9ClN2O5/c14-9-3-1-4-10(16(19)20)8(9)7-21-11-5-2-6-15-12(11)13(17)18/h1-6H,7H2,(H,17,18). The number of carbonyl (C=O) groups is 1. The van der Waals surface area contributed by atoms with Gasteiger partial charge in [-0.3, -0.25) is 10.1 Å². The molecule has 0 spiro atoms. The molecule has 1 aromatic carbocycles. The summed E-state index contributed by atoms with van der Waals surface area (Å²) in [5.41, 5.74) is -0.292. The maximum absolute atomic E-state index is 11.0. The molecule has 21 heavy (non-hydrogen) atoms. The number of ether oxygens (including phenoxy) is 1. The van der Waals surface area contributed by atoms with Gasteiger partial charge in [0.05, 0.1) is 15.5 Å². The molecule has 0 atom stereocenters. The van der Waals surface area contributed by atoms with Crippen LogP contribution in [-0.2, 0) is 6.61 Å². The smallest absolute Gasteiger partial charge is 0.358 e. The summed E-state index contributed by atoms with van der Waals surface area (Å²) < 4.78 is 5.32. The summed E-state index contributed by atoms with van der Waals surface area (Å²) >= 11 is 5.93. The summed E-state index contributed by atoms with van der Waals surface area (Å²) in [7, 11) is 0. The van der Waals surface area contributed by atoms with Gasteiger partial charge in [-0.05, 0) is 18.2 Å². The first-order chi connectivity index (χ1) is 10.0. The first-order valence-electron chi connectivity index (χ1n) is 5.73. The van der Waals surface area contributed by atoms with Gasteiger partial charge in [0.1, 0.15) is 6.61 Å². The highest BCUT2D eigenvalue weighted by Gasteiger charge is 2.19. The number of hydrogen-bond acceptors (Lipinski definition) is 5. The van der Waals surface area contributed by atoms with Crippen LogP contribution in [-0.4, -0.2) is 21.0 Å². The van der Waals surface area contributed by atoms with E-state index in [2.05, 4.69) is 4.98 Å². The molecule has 7 nitrogen and oxygen atoms in total. The maximum atomic E-state index is 11.0. The molecule has 2 rings (SSSR count). The number of nitrogens with zero attached hydrogens (tertiary/aromatic N) is 2. The molecule has 2 aromatic rings. The van der Waals surface area contributed by atoms with Gasteiger partial charge in [0, 0.05) is 12.3 Å². The molecular weight excluding hydrogens is 300 g/mol. The molecule has 1 N–H and O–H groups in total. The van der Waals surface area contributed by atoms with Crippen LogP contribution in [0, 0.1) is 10.1 Å². The Bertz CT molecular complexity index is 705. The Kier molecular flexibility index (Phi) is 4.34. The highest BCUT2D eigenvalue weighted by Crippen LogP contribution is 2.28. The number of nitro groups is 1. The molecule has 0 amide bonds. The van der Waals surface area contributed by atoms with Crippen LogP contribution in [0.1, 0.15) is 16.1 Å². The van der Waals surface area contributed by atoms with Crippen molar-refractivity contribution in [2.75, 3.05) is 0 Å². The summed E-state index contributed by atoms with van der Waals surface area (Å²) in [4.78, 5) is 25.0. The average molecular weight is 309 g/mol. The zero-order valence-electron chi connectivity index (χ0n) is 10.5. The lowest BCUT2D eigenvalue weighted by atomic mass is 10.2. The molecule has 0 aliphatic heterocycles. The van der Waals surface area contributed by atoms with Crippen LogP contribution >= 0.6 is 11.6 Å². The minimum absolute atomic E-state index is 0.0132. The number of halogens is 1. The second-order valence-corrected chi connectivity index (χ2v) is 4.35. The lowest BCUT2D eigenvalue weighted by Gasteiger charge is -2.09. The largest absolute Gasteiger partial charge is 0.486 e. The summed E-state index contributed by atoms with van der Waals surface area (Å²) in [6.07, 6.45) is 1.31. The van der Waals surface area contributed by atoms with E-state index in [4.69, 9.17) is 21.4 Å². The van der Waals surface area contributed by atoms with Crippen LogP contribution in [0.4, 0.5) is 5.69 Å². The Hall–Kier alpha value is -2.67. The van der Waals surface area contributed by atoms with E-state index in [1.165, 1.54) is 36.5 Å². The number of benzene rings is 1. The molecule has 0 fully saturated rings. The average Bonchev–Trinajstić information content (AvgIpc) is 2.45. The number of carboxylic acids is 1. The van der Waals surface area contributed by atoms with Crippen molar-refractivity contribution in [3.05, 3.63) is 62.9 Å². The Labute approximate surface area is 123 Å². The molecule has 0 radical (unpaired) electrons. The van der Waals surface area contributed by atoms with Crippen LogP contribution in [0.15, 0.2) is 36.5 Å². The van der Waals surface area contributed by atoms with Gasteiger partial charge in [0.2, 0.25) is 0 Å². The third-order valence-corrected chi connectivity index (χ3v) is 2.99. The molecule has 0 aliphatic carbocycles. The van der Waals surface area contributed by atoms with Gasteiger partial charge in [-0.25, -0.2) is 9.78 Å². The first kappa shape index (κ1) is 14.7. The van der Waals surface area contributed by atoms with Crippen molar-refractivity contribution in [3.8, 4) is 5.75 Å². The van der Waals surface area contributed by atoms with Gasteiger partial charge in [-0.2, -0.15) is 0 Å². The molecule has 0 saturated heterocycles. The lowest BCUT2D eigenvalue weighted by molar-refractivity contribution is -0.385. The predicted molar refractivity (Wildman–Crippen MR) is 73.6 cm³/mol. The topological polar surface area (TPSA) is 103 Å². The van der Waals surface area contributed by atoms with E-state index in [1.807, 2.05) is 0 Å². The van der Waals surface area contributed by atoms with E-state index < -0.39 is 10.9 Å². The molecule has 0 aliphatic rings. The summed E-state index contributed by atoms with van der Waals surface area (Å²) in [5.74, 6) is -1.24. The highest BCUT2D eigenvalue weighted by atomic mass is 35.5. The SMILES string of the molecule is O=C(O)c1ncccc1OCc1c(Cl)cccc1[N+](=O)[O-]. The Morgan fingerprint density at radius 1 is 1.38 bits per heavy atom. The number of rotatable bonds is 5. The number of hydrogen-bond donors (Lipinski definition) is 1. The van der Waals surface area contributed by atoms with Crippen molar-refractivity contribution in [1.29, 1.82) is 0 Å². The third-order valence-electron chi connectivity index (χ3n) is 2.64. The van der Waals surface area contributed by atoms with Crippen LogP contribution < -0.4 is 4.74 Å². The van der Waals surface area contributed by atoms with E-state index in [9.17, 15) is 14.9 Å². The van der Waals surface area contributed by atoms with Crippen molar-refractivity contribution < 1.29 is 19.6 Å². The van der Waals surface area contributed by atoms with Crippen LogP contribution in [0.25, 0.3) is 0 Å². The molecular formula is C13H9ClN2O5. The number of nitro benzene ring substituents is 1.